The standard InChI is InChI=1S/C19H23F2NO2/c1-3-23-18-7-5-6-14(19(18)24-4-2)10-15(12-22)13-8-9-16(20)17(21)11-13/h5-9,11,15H,3-4,10,12,22H2,1-2H3. The Hall–Kier alpha value is -2.14. The van der Waals surface area contributed by atoms with Crippen LogP contribution in [0.5, 0.6) is 11.5 Å². The summed E-state index contributed by atoms with van der Waals surface area (Å²) in [7, 11) is 0. The molecule has 0 heterocycles. The first kappa shape index (κ1) is 18.2. The molecule has 3 nitrogen and oxygen atoms in total. The predicted octanol–water partition coefficient (Wildman–Crippen LogP) is 4.05. The third-order valence-electron chi connectivity index (χ3n) is 3.81. The van der Waals surface area contributed by atoms with Crippen LogP contribution in [0.4, 0.5) is 8.78 Å². The number of benzene rings is 2. The van der Waals surface area contributed by atoms with E-state index in [-0.39, 0.29) is 5.92 Å². The SMILES string of the molecule is CCOc1cccc(CC(CN)c2ccc(F)c(F)c2)c1OCC. The Morgan fingerprint density at radius 3 is 2.38 bits per heavy atom. The van der Waals surface area contributed by atoms with E-state index in [4.69, 9.17) is 15.2 Å². The molecule has 5 heteroatoms. The molecule has 1 unspecified atom stereocenters. The van der Waals surface area contributed by atoms with E-state index in [0.29, 0.717) is 43.2 Å². The van der Waals surface area contributed by atoms with E-state index in [1.54, 1.807) is 6.07 Å². The van der Waals surface area contributed by atoms with Crippen LogP contribution in [0, 0.1) is 11.6 Å². The minimum Gasteiger partial charge on any atom is -0.490 e. The van der Waals surface area contributed by atoms with Crippen molar-refractivity contribution in [2.24, 2.45) is 5.73 Å². The fraction of sp³-hybridized carbons (Fsp3) is 0.368. The van der Waals surface area contributed by atoms with Crippen molar-refractivity contribution in [3.05, 3.63) is 59.2 Å². The summed E-state index contributed by atoms with van der Waals surface area (Å²) in [4.78, 5) is 0. The van der Waals surface area contributed by atoms with Crippen LogP contribution in [0.15, 0.2) is 36.4 Å². The van der Waals surface area contributed by atoms with E-state index in [2.05, 4.69) is 0 Å². The monoisotopic (exact) mass is 335 g/mol. The lowest BCUT2D eigenvalue weighted by Crippen LogP contribution is -2.16. The summed E-state index contributed by atoms with van der Waals surface area (Å²) in [6.07, 6.45) is 0.553. The van der Waals surface area contributed by atoms with Gasteiger partial charge >= 0.3 is 0 Å². The van der Waals surface area contributed by atoms with Crippen LogP contribution >= 0.6 is 0 Å². The topological polar surface area (TPSA) is 44.5 Å². The molecule has 2 aromatic rings. The van der Waals surface area contributed by atoms with Gasteiger partial charge in [0.05, 0.1) is 13.2 Å². The molecule has 1 atom stereocenters. The van der Waals surface area contributed by atoms with Crippen molar-refractivity contribution in [3.8, 4) is 11.5 Å². The molecule has 0 bridgehead atoms. The zero-order valence-electron chi connectivity index (χ0n) is 14.0. The van der Waals surface area contributed by atoms with E-state index < -0.39 is 11.6 Å². The van der Waals surface area contributed by atoms with Gasteiger partial charge in [0.15, 0.2) is 23.1 Å². The molecule has 0 fully saturated rings. The Morgan fingerprint density at radius 1 is 1.00 bits per heavy atom. The molecule has 0 saturated heterocycles. The molecule has 0 spiro atoms. The van der Waals surface area contributed by atoms with Crippen molar-refractivity contribution in [3.63, 3.8) is 0 Å². The zero-order valence-corrected chi connectivity index (χ0v) is 14.0. The Kier molecular flexibility index (Phi) is 6.55. The van der Waals surface area contributed by atoms with Gasteiger partial charge in [-0.25, -0.2) is 8.78 Å². The molecular formula is C19H23F2NO2. The molecule has 0 saturated carbocycles. The van der Waals surface area contributed by atoms with Gasteiger partial charge < -0.3 is 15.2 Å². The largest absolute Gasteiger partial charge is 0.490 e. The van der Waals surface area contributed by atoms with Crippen LogP contribution in [0.1, 0.15) is 30.9 Å². The highest BCUT2D eigenvalue weighted by atomic mass is 19.2. The molecule has 2 N–H and O–H groups in total. The highest BCUT2D eigenvalue weighted by molar-refractivity contribution is 5.47. The van der Waals surface area contributed by atoms with Crippen molar-refractivity contribution in [1.29, 1.82) is 0 Å². The Labute approximate surface area is 141 Å². The van der Waals surface area contributed by atoms with Gasteiger partial charge in [-0.15, -0.1) is 0 Å². The van der Waals surface area contributed by atoms with Crippen LogP contribution in [-0.2, 0) is 6.42 Å². The zero-order chi connectivity index (χ0) is 17.5. The van der Waals surface area contributed by atoms with Crippen LogP contribution in [-0.4, -0.2) is 19.8 Å². The molecule has 0 aromatic heterocycles. The molecule has 0 radical (unpaired) electrons. The quantitative estimate of drug-likeness (QED) is 0.791. The molecule has 0 aliphatic carbocycles. The van der Waals surface area contributed by atoms with Gasteiger partial charge in [-0.2, -0.15) is 0 Å². The number of para-hydroxylation sites is 1. The fourth-order valence-electron chi connectivity index (χ4n) is 2.67. The van der Waals surface area contributed by atoms with Crippen LogP contribution in [0.2, 0.25) is 0 Å². The lowest BCUT2D eigenvalue weighted by Gasteiger charge is -2.20. The molecule has 130 valence electrons. The highest BCUT2D eigenvalue weighted by Crippen LogP contribution is 2.34. The first-order valence-corrected chi connectivity index (χ1v) is 8.13. The van der Waals surface area contributed by atoms with E-state index in [1.807, 2.05) is 32.0 Å². The minimum atomic E-state index is -0.862. The van der Waals surface area contributed by atoms with Crippen molar-refractivity contribution in [2.75, 3.05) is 19.8 Å². The van der Waals surface area contributed by atoms with Crippen LogP contribution in [0.3, 0.4) is 0 Å². The van der Waals surface area contributed by atoms with Gasteiger partial charge in [0.1, 0.15) is 0 Å². The van der Waals surface area contributed by atoms with Gasteiger partial charge in [0.25, 0.3) is 0 Å². The number of ether oxygens (including phenoxy) is 2. The number of hydrogen-bond acceptors (Lipinski definition) is 3. The number of halogens is 2. The number of rotatable bonds is 8. The van der Waals surface area contributed by atoms with E-state index in [9.17, 15) is 8.78 Å². The second-order valence-electron chi connectivity index (χ2n) is 5.42. The maximum Gasteiger partial charge on any atom is 0.164 e. The molecular weight excluding hydrogens is 312 g/mol. The van der Waals surface area contributed by atoms with Gasteiger partial charge in [-0.05, 0) is 56.1 Å². The summed E-state index contributed by atoms with van der Waals surface area (Å²) < 4.78 is 38.0. The number of hydrogen-bond donors (Lipinski definition) is 1. The second-order valence-corrected chi connectivity index (χ2v) is 5.42. The van der Waals surface area contributed by atoms with Crippen molar-refractivity contribution in [1.82, 2.24) is 0 Å². The molecule has 2 aromatic carbocycles. The predicted molar refractivity (Wildman–Crippen MR) is 90.6 cm³/mol. The summed E-state index contributed by atoms with van der Waals surface area (Å²) in [6.45, 7) is 5.17. The third-order valence-corrected chi connectivity index (χ3v) is 3.81. The van der Waals surface area contributed by atoms with Crippen LogP contribution < -0.4 is 15.2 Å². The molecule has 2 rings (SSSR count). The lowest BCUT2D eigenvalue weighted by atomic mass is 9.91. The second kappa shape index (κ2) is 8.64. The summed E-state index contributed by atoms with van der Waals surface area (Å²) in [5.74, 6) is -0.501. The minimum absolute atomic E-state index is 0.142. The molecule has 0 amide bonds. The van der Waals surface area contributed by atoms with Gasteiger partial charge in [-0.3, -0.25) is 0 Å². The van der Waals surface area contributed by atoms with Crippen LogP contribution in [0.25, 0.3) is 0 Å². The summed E-state index contributed by atoms with van der Waals surface area (Å²) >= 11 is 0. The van der Waals surface area contributed by atoms with Crippen molar-refractivity contribution >= 4 is 0 Å². The van der Waals surface area contributed by atoms with Gasteiger partial charge in [0, 0.05) is 5.92 Å². The Balaban J connectivity index is 2.32. The maximum absolute atomic E-state index is 13.5. The maximum atomic E-state index is 13.5. The Bertz CT molecular complexity index is 676. The number of nitrogens with two attached hydrogens (primary N) is 1. The average molecular weight is 335 g/mol. The third kappa shape index (κ3) is 4.23. The average Bonchev–Trinajstić information content (AvgIpc) is 2.58. The van der Waals surface area contributed by atoms with Crippen molar-refractivity contribution < 1.29 is 18.3 Å². The Morgan fingerprint density at radius 2 is 1.75 bits per heavy atom. The van der Waals surface area contributed by atoms with Gasteiger partial charge in [-0.1, -0.05) is 18.2 Å². The van der Waals surface area contributed by atoms with E-state index >= 15 is 0 Å². The summed E-state index contributed by atoms with van der Waals surface area (Å²) in [5.41, 5.74) is 7.47. The smallest absolute Gasteiger partial charge is 0.164 e. The summed E-state index contributed by atoms with van der Waals surface area (Å²) in [5, 5.41) is 0. The first-order valence-electron chi connectivity index (χ1n) is 8.13. The lowest BCUT2D eigenvalue weighted by molar-refractivity contribution is 0.285. The summed E-state index contributed by atoms with van der Waals surface area (Å²) in [6, 6.07) is 9.60. The fourth-order valence-corrected chi connectivity index (χ4v) is 2.67. The molecule has 0 aliphatic rings. The van der Waals surface area contributed by atoms with E-state index in [1.165, 1.54) is 6.07 Å². The van der Waals surface area contributed by atoms with E-state index in [0.717, 1.165) is 11.6 Å². The normalized spacial score (nSPS) is 12.0. The highest BCUT2D eigenvalue weighted by Gasteiger charge is 2.18. The molecule has 24 heavy (non-hydrogen) atoms. The first-order chi connectivity index (χ1) is 11.6. The van der Waals surface area contributed by atoms with Crippen molar-refractivity contribution in [2.45, 2.75) is 26.2 Å². The van der Waals surface area contributed by atoms with Gasteiger partial charge in [0.2, 0.25) is 0 Å². The molecule has 0 aliphatic heterocycles.